The second-order valence-corrected chi connectivity index (χ2v) is 8.12. The number of fused-ring (bicyclic) bond motifs is 2. The van der Waals surface area contributed by atoms with Crippen molar-refractivity contribution in [3.63, 3.8) is 0 Å². The first-order valence-electron chi connectivity index (χ1n) is 10.9. The predicted molar refractivity (Wildman–Crippen MR) is 122 cm³/mol. The number of carbonyl (C=O) groups is 1. The molecule has 8 nitrogen and oxygen atoms in total. The minimum Gasteiger partial charge on any atom is -0.468 e. The van der Waals surface area contributed by atoms with Crippen LogP contribution < -0.4 is 15.6 Å². The van der Waals surface area contributed by atoms with Gasteiger partial charge in [0, 0.05) is 38.3 Å². The molecule has 1 atom stereocenters. The van der Waals surface area contributed by atoms with Gasteiger partial charge >= 0.3 is 5.97 Å². The van der Waals surface area contributed by atoms with Gasteiger partial charge in [0.2, 0.25) is 5.43 Å². The molecule has 0 saturated carbocycles. The van der Waals surface area contributed by atoms with Crippen molar-refractivity contribution in [1.29, 1.82) is 0 Å². The molecule has 1 aliphatic rings. The van der Waals surface area contributed by atoms with E-state index in [2.05, 4.69) is 10.3 Å². The Morgan fingerprint density at radius 3 is 2.91 bits per heavy atom. The Bertz CT molecular complexity index is 1470. The van der Waals surface area contributed by atoms with E-state index in [4.69, 9.17) is 9.15 Å². The highest BCUT2D eigenvalue weighted by Crippen LogP contribution is 2.33. The number of aryl methyl sites for hydroxylation is 1. The van der Waals surface area contributed by atoms with Gasteiger partial charge in [0.05, 0.1) is 24.3 Å². The Kier molecular flexibility index (Phi) is 5.52. The standard InChI is InChI=1S/C24H22F2N4O4/c1-3-33-24(32)15-11-29(2)23-14(22(15)31)9-13-10-16(25)21(19(26)20(13)28-23)30-7-6-27-17(12-30)18-5-4-8-34-18/h4-5,8-11,17,27H,3,6-7,12H2,1-2H3. The maximum atomic E-state index is 15.7. The highest BCUT2D eigenvalue weighted by molar-refractivity contribution is 5.97. The van der Waals surface area contributed by atoms with Gasteiger partial charge in [0.1, 0.15) is 34.0 Å². The molecule has 0 amide bonds. The fourth-order valence-corrected chi connectivity index (χ4v) is 4.40. The molecule has 1 aromatic carbocycles. The van der Waals surface area contributed by atoms with Crippen LogP contribution in [-0.2, 0) is 11.8 Å². The number of carbonyl (C=O) groups excluding carboxylic acids is 1. The number of hydrogen-bond donors (Lipinski definition) is 1. The monoisotopic (exact) mass is 468 g/mol. The van der Waals surface area contributed by atoms with Gasteiger partial charge in [-0.1, -0.05) is 0 Å². The highest BCUT2D eigenvalue weighted by Gasteiger charge is 2.28. The Balaban J connectivity index is 1.63. The van der Waals surface area contributed by atoms with E-state index in [0.717, 1.165) is 0 Å². The predicted octanol–water partition coefficient (Wildman–Crippen LogP) is 3.29. The van der Waals surface area contributed by atoms with Crippen LogP contribution in [0.4, 0.5) is 14.5 Å². The average Bonchev–Trinajstić information content (AvgIpc) is 3.36. The van der Waals surface area contributed by atoms with Crippen LogP contribution in [0.1, 0.15) is 29.1 Å². The fourth-order valence-electron chi connectivity index (χ4n) is 4.40. The summed E-state index contributed by atoms with van der Waals surface area (Å²) in [6, 6.07) is 5.89. The number of esters is 1. The van der Waals surface area contributed by atoms with Gasteiger partial charge in [-0.3, -0.25) is 4.79 Å². The summed E-state index contributed by atoms with van der Waals surface area (Å²) in [6.45, 7) is 2.96. The molecule has 4 heterocycles. The molecule has 1 N–H and O–H groups in total. The molecule has 34 heavy (non-hydrogen) atoms. The van der Waals surface area contributed by atoms with Crippen LogP contribution >= 0.6 is 0 Å². The summed E-state index contributed by atoms with van der Waals surface area (Å²) in [6.07, 6.45) is 2.87. The molecular weight excluding hydrogens is 446 g/mol. The van der Waals surface area contributed by atoms with Crippen LogP contribution in [0.15, 0.2) is 45.9 Å². The lowest BCUT2D eigenvalue weighted by molar-refractivity contribution is 0.0524. The number of ether oxygens (including phenoxy) is 1. The summed E-state index contributed by atoms with van der Waals surface area (Å²) in [5.74, 6) is -1.64. The van der Waals surface area contributed by atoms with Crippen molar-refractivity contribution in [3.8, 4) is 0 Å². The molecule has 10 heteroatoms. The van der Waals surface area contributed by atoms with Crippen molar-refractivity contribution in [2.24, 2.45) is 7.05 Å². The van der Waals surface area contributed by atoms with Crippen LogP contribution in [0.5, 0.6) is 0 Å². The first-order chi connectivity index (χ1) is 16.4. The number of hydrogen-bond acceptors (Lipinski definition) is 7. The van der Waals surface area contributed by atoms with Crippen molar-refractivity contribution in [1.82, 2.24) is 14.9 Å². The van der Waals surface area contributed by atoms with Crippen molar-refractivity contribution >= 4 is 33.6 Å². The molecule has 176 valence electrons. The number of piperazine rings is 1. The van der Waals surface area contributed by atoms with E-state index in [1.807, 2.05) is 6.07 Å². The zero-order valence-corrected chi connectivity index (χ0v) is 18.6. The minimum absolute atomic E-state index is 0.0594. The summed E-state index contributed by atoms with van der Waals surface area (Å²) in [5, 5.41) is 3.49. The summed E-state index contributed by atoms with van der Waals surface area (Å²) < 4.78 is 42.8. The van der Waals surface area contributed by atoms with Crippen molar-refractivity contribution in [2.75, 3.05) is 31.1 Å². The smallest absolute Gasteiger partial charge is 0.343 e. The second kappa shape index (κ2) is 8.53. The van der Waals surface area contributed by atoms with Crippen LogP contribution in [-0.4, -0.2) is 41.8 Å². The first kappa shape index (κ1) is 22.0. The largest absolute Gasteiger partial charge is 0.468 e. The van der Waals surface area contributed by atoms with Crippen LogP contribution in [0.2, 0.25) is 0 Å². The molecule has 0 bridgehead atoms. The Labute approximate surface area is 192 Å². The number of nitrogens with zero attached hydrogens (tertiary/aromatic N) is 3. The van der Waals surface area contributed by atoms with E-state index in [0.29, 0.717) is 25.4 Å². The van der Waals surface area contributed by atoms with Gasteiger partial charge in [0.15, 0.2) is 5.82 Å². The topological polar surface area (TPSA) is 89.6 Å². The number of nitrogens with one attached hydrogen (secondary N) is 1. The molecule has 1 fully saturated rings. The number of benzene rings is 1. The zero-order valence-electron chi connectivity index (χ0n) is 18.6. The maximum Gasteiger partial charge on any atom is 0.343 e. The summed E-state index contributed by atoms with van der Waals surface area (Å²) >= 11 is 0. The van der Waals surface area contributed by atoms with Crippen LogP contribution in [0.25, 0.3) is 21.9 Å². The number of aromatic nitrogens is 2. The Morgan fingerprint density at radius 1 is 1.35 bits per heavy atom. The molecule has 5 rings (SSSR count). The SMILES string of the molecule is CCOC(=O)c1cn(C)c2nc3c(F)c(N4CCNC(c5ccco5)C4)c(F)cc3cc2c1=O. The molecular formula is C24H22F2N4O4. The van der Waals surface area contributed by atoms with Gasteiger partial charge in [0.25, 0.3) is 0 Å². The number of pyridine rings is 2. The Hall–Kier alpha value is -3.79. The zero-order chi connectivity index (χ0) is 24.0. The van der Waals surface area contributed by atoms with Crippen LogP contribution in [0, 0.1) is 11.6 Å². The van der Waals surface area contributed by atoms with E-state index < -0.39 is 23.0 Å². The summed E-state index contributed by atoms with van der Waals surface area (Å²) in [4.78, 5) is 31.1. The fraction of sp³-hybridized carbons (Fsp3) is 0.292. The Morgan fingerprint density at radius 2 is 2.18 bits per heavy atom. The number of furan rings is 1. The molecule has 4 aromatic rings. The third kappa shape index (κ3) is 3.60. The molecule has 3 aromatic heterocycles. The average molecular weight is 468 g/mol. The van der Waals surface area contributed by atoms with Gasteiger partial charge in [-0.25, -0.2) is 18.6 Å². The van der Waals surface area contributed by atoms with Gasteiger partial charge in [-0.2, -0.15) is 0 Å². The third-order valence-electron chi connectivity index (χ3n) is 5.98. The summed E-state index contributed by atoms with van der Waals surface area (Å²) in [7, 11) is 1.59. The van der Waals surface area contributed by atoms with Gasteiger partial charge < -0.3 is 23.9 Å². The molecule has 0 radical (unpaired) electrons. The highest BCUT2D eigenvalue weighted by atomic mass is 19.1. The lowest BCUT2D eigenvalue weighted by Crippen LogP contribution is -2.46. The van der Waals surface area contributed by atoms with E-state index >= 15 is 8.78 Å². The summed E-state index contributed by atoms with van der Waals surface area (Å²) in [5.41, 5.74) is -0.827. The van der Waals surface area contributed by atoms with Gasteiger partial charge in [-0.05, 0) is 31.2 Å². The number of halogens is 2. The molecule has 0 aliphatic carbocycles. The molecule has 1 unspecified atom stereocenters. The normalized spacial score (nSPS) is 16.4. The van der Waals surface area contributed by atoms with E-state index in [9.17, 15) is 9.59 Å². The van der Waals surface area contributed by atoms with E-state index in [1.54, 1.807) is 31.2 Å². The van der Waals surface area contributed by atoms with E-state index in [-0.39, 0.29) is 45.8 Å². The van der Waals surface area contributed by atoms with Crippen molar-refractivity contribution < 1.29 is 22.7 Å². The van der Waals surface area contributed by atoms with Gasteiger partial charge in [-0.15, -0.1) is 0 Å². The number of rotatable bonds is 4. The van der Waals surface area contributed by atoms with Crippen molar-refractivity contribution in [3.05, 3.63) is 69.9 Å². The lowest BCUT2D eigenvalue weighted by atomic mass is 10.1. The molecule has 0 spiro atoms. The van der Waals surface area contributed by atoms with E-state index in [1.165, 1.54) is 22.9 Å². The third-order valence-corrected chi connectivity index (χ3v) is 5.98. The lowest BCUT2D eigenvalue weighted by Gasteiger charge is -2.34. The molecule has 1 aliphatic heterocycles. The minimum atomic E-state index is -0.807. The number of anilines is 1. The maximum absolute atomic E-state index is 15.7. The molecule has 1 saturated heterocycles. The van der Waals surface area contributed by atoms with Crippen LogP contribution in [0.3, 0.4) is 0 Å². The first-order valence-corrected chi connectivity index (χ1v) is 10.9. The van der Waals surface area contributed by atoms with Crippen molar-refractivity contribution in [2.45, 2.75) is 13.0 Å². The quantitative estimate of drug-likeness (QED) is 0.363. The second-order valence-electron chi connectivity index (χ2n) is 8.12.